The summed E-state index contributed by atoms with van der Waals surface area (Å²) < 4.78 is 7.12. The molecule has 35 heavy (non-hydrogen) atoms. The topological polar surface area (TPSA) is 135 Å². The Hall–Kier alpha value is -4.12. The molecule has 10 nitrogen and oxygen atoms in total. The second kappa shape index (κ2) is 10.4. The zero-order valence-corrected chi connectivity index (χ0v) is 20.2. The number of benzene rings is 2. The maximum absolute atomic E-state index is 12.7. The van der Waals surface area contributed by atoms with Crippen molar-refractivity contribution in [1.82, 2.24) is 24.7 Å². The van der Waals surface area contributed by atoms with Gasteiger partial charge < -0.3 is 15.0 Å². The van der Waals surface area contributed by atoms with Crippen LogP contribution in [0.5, 0.6) is 5.75 Å². The Balaban J connectivity index is 1.61. The molecule has 2 aromatic heterocycles. The highest BCUT2D eigenvalue weighted by atomic mass is 32.2. The van der Waals surface area contributed by atoms with Crippen LogP contribution in [0.4, 0.5) is 5.69 Å². The fourth-order valence-corrected chi connectivity index (χ4v) is 4.34. The summed E-state index contributed by atoms with van der Waals surface area (Å²) in [5, 5.41) is 12.0. The van der Waals surface area contributed by atoms with Crippen molar-refractivity contribution in [2.75, 3.05) is 18.2 Å². The first kappa shape index (κ1) is 24.0. The molecule has 0 aliphatic rings. The lowest BCUT2D eigenvalue weighted by Crippen LogP contribution is -2.23. The number of nitrogens with zero attached hydrogens (tertiary/aromatic N) is 3. The van der Waals surface area contributed by atoms with Gasteiger partial charge in [-0.05, 0) is 37.6 Å². The largest absolute Gasteiger partial charge is 0.497 e. The van der Waals surface area contributed by atoms with E-state index in [-0.39, 0.29) is 18.1 Å². The first-order valence-electron chi connectivity index (χ1n) is 10.7. The van der Waals surface area contributed by atoms with Crippen LogP contribution in [0.1, 0.15) is 22.6 Å². The Morgan fingerprint density at radius 3 is 2.66 bits per heavy atom. The maximum atomic E-state index is 12.7. The fraction of sp³-hybridized carbons (Fsp3) is 0.208. The van der Waals surface area contributed by atoms with Gasteiger partial charge in [-0.3, -0.25) is 19.1 Å². The third-order valence-electron chi connectivity index (χ3n) is 5.16. The maximum Gasteiger partial charge on any atom is 0.325 e. The molecule has 0 saturated heterocycles. The third-order valence-corrected chi connectivity index (χ3v) is 6.09. The highest BCUT2D eigenvalue weighted by Gasteiger charge is 2.18. The van der Waals surface area contributed by atoms with Gasteiger partial charge in [0.2, 0.25) is 5.91 Å². The van der Waals surface area contributed by atoms with Crippen molar-refractivity contribution in [1.29, 1.82) is 0 Å². The monoisotopic (exact) mass is 492 g/mol. The molecule has 0 unspecified atom stereocenters. The predicted octanol–water partition coefficient (Wildman–Crippen LogP) is 2.59. The Morgan fingerprint density at radius 1 is 1.09 bits per heavy atom. The molecule has 0 spiro atoms. The molecule has 0 radical (unpaired) electrons. The Kier molecular flexibility index (Phi) is 7.16. The Bertz CT molecular complexity index is 1460. The second-order valence-corrected chi connectivity index (χ2v) is 8.82. The molecule has 4 aromatic rings. The molecule has 1 amide bonds. The van der Waals surface area contributed by atoms with Crippen LogP contribution in [0.25, 0.3) is 5.69 Å². The molecule has 180 valence electrons. The first-order valence-corrected chi connectivity index (χ1v) is 11.7. The van der Waals surface area contributed by atoms with Gasteiger partial charge in [-0.1, -0.05) is 35.5 Å². The molecular weight excluding hydrogens is 468 g/mol. The van der Waals surface area contributed by atoms with E-state index in [1.807, 2.05) is 56.3 Å². The van der Waals surface area contributed by atoms with Gasteiger partial charge in [0, 0.05) is 29.9 Å². The van der Waals surface area contributed by atoms with E-state index >= 15 is 0 Å². The van der Waals surface area contributed by atoms with Gasteiger partial charge in [0.15, 0.2) is 5.16 Å². The highest BCUT2D eigenvalue weighted by Crippen LogP contribution is 2.26. The molecule has 2 heterocycles. The summed E-state index contributed by atoms with van der Waals surface area (Å²) in [4.78, 5) is 40.8. The number of aromatic nitrogens is 5. The number of hydrogen-bond donors (Lipinski definition) is 3. The number of methoxy groups -OCH3 is 1. The van der Waals surface area contributed by atoms with Gasteiger partial charge in [0.25, 0.3) is 5.56 Å². The molecule has 0 atom stereocenters. The van der Waals surface area contributed by atoms with Crippen molar-refractivity contribution in [2.24, 2.45) is 0 Å². The van der Waals surface area contributed by atoms with Gasteiger partial charge in [0.05, 0.1) is 18.6 Å². The molecular formula is C24H24N6O4S. The van der Waals surface area contributed by atoms with Gasteiger partial charge in [-0.25, -0.2) is 4.79 Å². The van der Waals surface area contributed by atoms with Crippen LogP contribution >= 0.6 is 11.8 Å². The molecule has 2 aromatic carbocycles. The number of ether oxygens (including phenoxy) is 1. The summed E-state index contributed by atoms with van der Waals surface area (Å²) in [5.41, 5.74) is 2.86. The molecule has 0 fully saturated rings. The van der Waals surface area contributed by atoms with E-state index in [1.165, 1.54) is 17.8 Å². The van der Waals surface area contributed by atoms with E-state index < -0.39 is 11.2 Å². The van der Waals surface area contributed by atoms with Crippen molar-refractivity contribution in [3.05, 3.63) is 92.0 Å². The van der Waals surface area contributed by atoms with Gasteiger partial charge in [0.1, 0.15) is 11.6 Å². The van der Waals surface area contributed by atoms with E-state index in [4.69, 9.17) is 4.74 Å². The van der Waals surface area contributed by atoms with Crippen molar-refractivity contribution in [2.45, 2.75) is 25.4 Å². The molecule has 11 heteroatoms. The van der Waals surface area contributed by atoms with Crippen LogP contribution in [-0.2, 0) is 11.2 Å². The number of carbonyl (C=O) groups is 1. The number of hydrogen-bond acceptors (Lipinski definition) is 7. The fourth-order valence-electron chi connectivity index (χ4n) is 3.57. The molecule has 0 aliphatic heterocycles. The predicted molar refractivity (Wildman–Crippen MR) is 134 cm³/mol. The number of H-pyrrole nitrogens is 2. The SMILES string of the molecule is COc1cccc(-n2c(Cc3cc(=O)[nH]c(=O)[nH]3)nnc2SCC(=O)Nc2ccc(C)cc2C)c1. The minimum absolute atomic E-state index is 0.108. The zero-order chi connectivity index (χ0) is 24.9. The number of nitrogens with one attached hydrogen (secondary N) is 3. The van der Waals surface area contributed by atoms with Crippen LogP contribution < -0.4 is 21.3 Å². The zero-order valence-electron chi connectivity index (χ0n) is 19.4. The van der Waals surface area contributed by atoms with Crippen molar-refractivity contribution >= 4 is 23.4 Å². The number of thioether (sulfide) groups is 1. The van der Waals surface area contributed by atoms with E-state index in [2.05, 4.69) is 25.5 Å². The number of carbonyl (C=O) groups excluding carboxylic acids is 1. The number of amides is 1. The smallest absolute Gasteiger partial charge is 0.325 e. The quantitative estimate of drug-likeness (QED) is 0.322. The van der Waals surface area contributed by atoms with Crippen molar-refractivity contribution in [3.8, 4) is 11.4 Å². The summed E-state index contributed by atoms with van der Waals surface area (Å²) in [5.74, 6) is 1.05. The van der Waals surface area contributed by atoms with Gasteiger partial charge in [-0.2, -0.15) is 0 Å². The molecule has 0 bridgehead atoms. The minimum Gasteiger partial charge on any atom is -0.497 e. The van der Waals surface area contributed by atoms with Gasteiger partial charge in [-0.15, -0.1) is 10.2 Å². The van der Waals surface area contributed by atoms with Gasteiger partial charge >= 0.3 is 5.69 Å². The second-order valence-electron chi connectivity index (χ2n) is 7.88. The summed E-state index contributed by atoms with van der Waals surface area (Å²) in [6.07, 6.45) is 0.151. The Labute approximate surface area is 204 Å². The third kappa shape index (κ3) is 5.87. The van der Waals surface area contributed by atoms with E-state index in [9.17, 15) is 14.4 Å². The highest BCUT2D eigenvalue weighted by molar-refractivity contribution is 7.99. The summed E-state index contributed by atoms with van der Waals surface area (Å²) >= 11 is 1.23. The summed E-state index contributed by atoms with van der Waals surface area (Å²) in [6, 6.07) is 14.4. The van der Waals surface area contributed by atoms with Crippen LogP contribution in [0.15, 0.2) is 63.3 Å². The van der Waals surface area contributed by atoms with E-state index in [0.717, 1.165) is 16.8 Å². The molecule has 0 aliphatic carbocycles. The van der Waals surface area contributed by atoms with Crippen molar-refractivity contribution in [3.63, 3.8) is 0 Å². The lowest BCUT2D eigenvalue weighted by atomic mass is 10.1. The van der Waals surface area contributed by atoms with Crippen LogP contribution in [0.3, 0.4) is 0 Å². The molecule has 3 N–H and O–H groups in total. The Morgan fingerprint density at radius 2 is 1.91 bits per heavy atom. The summed E-state index contributed by atoms with van der Waals surface area (Å²) in [7, 11) is 1.57. The lowest BCUT2D eigenvalue weighted by Gasteiger charge is -2.12. The number of anilines is 1. The van der Waals surface area contributed by atoms with Crippen LogP contribution in [0, 0.1) is 13.8 Å². The average Bonchev–Trinajstić information content (AvgIpc) is 3.21. The van der Waals surface area contributed by atoms with Crippen molar-refractivity contribution < 1.29 is 9.53 Å². The van der Waals surface area contributed by atoms with Crippen LogP contribution in [0.2, 0.25) is 0 Å². The normalized spacial score (nSPS) is 10.8. The number of aryl methyl sites for hydroxylation is 2. The van der Waals surface area contributed by atoms with E-state index in [1.54, 1.807) is 11.7 Å². The molecule has 0 saturated carbocycles. The lowest BCUT2D eigenvalue weighted by molar-refractivity contribution is -0.113. The average molecular weight is 493 g/mol. The number of rotatable bonds is 8. The van der Waals surface area contributed by atoms with E-state index in [0.29, 0.717) is 28.1 Å². The first-order chi connectivity index (χ1) is 16.8. The van der Waals surface area contributed by atoms with Crippen LogP contribution in [-0.4, -0.2) is 43.5 Å². The standard InChI is InChI=1S/C24H24N6O4S/c1-14-7-8-19(15(2)9-14)26-22(32)13-35-24-29-28-20(10-16-11-21(31)27-23(33)25-16)30(24)17-5-4-6-18(12-17)34-3/h4-9,11-12H,10,13H2,1-3H3,(H,26,32)(H2,25,27,31,33). The molecule has 4 rings (SSSR count). The minimum atomic E-state index is -0.599. The number of aromatic amines is 2. The summed E-state index contributed by atoms with van der Waals surface area (Å²) in [6.45, 7) is 3.94.